The predicted molar refractivity (Wildman–Crippen MR) is 61.4 cm³/mol. The Kier molecular flexibility index (Phi) is 3.96. The molecule has 2 heteroatoms. The van der Waals surface area contributed by atoms with E-state index >= 15 is 0 Å². The summed E-state index contributed by atoms with van der Waals surface area (Å²) in [5.41, 5.74) is 2.36. The zero-order valence-electron chi connectivity index (χ0n) is 9.84. The summed E-state index contributed by atoms with van der Waals surface area (Å²) >= 11 is 0. The van der Waals surface area contributed by atoms with Crippen molar-refractivity contribution in [2.45, 2.75) is 39.7 Å². The van der Waals surface area contributed by atoms with Gasteiger partial charge in [0.1, 0.15) is 6.61 Å². The smallest absolute Gasteiger partial charge is 0.108 e. The molecule has 0 spiro atoms. The third-order valence-electron chi connectivity index (χ3n) is 3.33. The third-order valence-corrected chi connectivity index (χ3v) is 3.33. The molecule has 1 atom stereocenters. The molecule has 1 aliphatic carbocycles. The Bertz CT molecular complexity index is 294. The SMILES string of the molecule is C#CCO[C@@H]1CCC(C)(C)C(CO)=C1C. The number of ether oxygens (including phenoxy) is 1. The highest BCUT2D eigenvalue weighted by Gasteiger charge is 2.32. The van der Waals surface area contributed by atoms with E-state index in [0.29, 0.717) is 6.61 Å². The van der Waals surface area contributed by atoms with Gasteiger partial charge in [-0.1, -0.05) is 19.8 Å². The van der Waals surface area contributed by atoms with E-state index in [4.69, 9.17) is 11.2 Å². The molecule has 84 valence electrons. The molecule has 0 radical (unpaired) electrons. The van der Waals surface area contributed by atoms with Crippen LogP contribution in [0.15, 0.2) is 11.1 Å². The van der Waals surface area contributed by atoms with Crippen LogP contribution in [0.1, 0.15) is 33.6 Å². The maximum absolute atomic E-state index is 9.39. The number of terminal acetylenes is 1. The number of aliphatic hydroxyl groups excluding tert-OH is 1. The van der Waals surface area contributed by atoms with E-state index in [2.05, 4.69) is 19.8 Å². The molecule has 0 saturated heterocycles. The van der Waals surface area contributed by atoms with Gasteiger partial charge in [0.2, 0.25) is 0 Å². The second kappa shape index (κ2) is 4.83. The predicted octanol–water partition coefficient (Wildman–Crippen LogP) is 2.13. The maximum Gasteiger partial charge on any atom is 0.108 e. The van der Waals surface area contributed by atoms with Crippen LogP contribution < -0.4 is 0 Å². The summed E-state index contributed by atoms with van der Waals surface area (Å²) in [6.45, 7) is 6.84. The van der Waals surface area contributed by atoms with Crippen molar-refractivity contribution in [3.8, 4) is 12.3 Å². The van der Waals surface area contributed by atoms with Crippen molar-refractivity contribution in [3.63, 3.8) is 0 Å². The first-order chi connectivity index (χ1) is 7.03. The fourth-order valence-electron chi connectivity index (χ4n) is 2.28. The van der Waals surface area contributed by atoms with Crippen molar-refractivity contribution >= 4 is 0 Å². The first kappa shape index (κ1) is 12.3. The molecule has 1 aliphatic rings. The largest absolute Gasteiger partial charge is 0.392 e. The molecule has 0 aliphatic heterocycles. The molecule has 0 saturated carbocycles. The summed E-state index contributed by atoms with van der Waals surface area (Å²) in [6, 6.07) is 0. The molecule has 1 rings (SSSR count). The Morgan fingerprint density at radius 3 is 2.80 bits per heavy atom. The van der Waals surface area contributed by atoms with Gasteiger partial charge < -0.3 is 9.84 Å². The Hall–Kier alpha value is -0.780. The summed E-state index contributed by atoms with van der Waals surface area (Å²) in [4.78, 5) is 0. The highest BCUT2D eigenvalue weighted by molar-refractivity contribution is 5.26. The van der Waals surface area contributed by atoms with E-state index in [9.17, 15) is 5.11 Å². The van der Waals surface area contributed by atoms with Crippen molar-refractivity contribution in [3.05, 3.63) is 11.1 Å². The normalized spacial score (nSPS) is 25.1. The summed E-state index contributed by atoms with van der Waals surface area (Å²) in [7, 11) is 0. The standard InChI is InChI=1S/C13H20O2/c1-5-8-15-12-6-7-13(3,4)11(9-14)10(12)2/h1,12,14H,6-9H2,2-4H3/t12-/m1/s1. The molecule has 0 aromatic rings. The maximum atomic E-state index is 9.39. The lowest BCUT2D eigenvalue weighted by molar-refractivity contribution is 0.0741. The van der Waals surface area contributed by atoms with E-state index < -0.39 is 0 Å². The zero-order valence-corrected chi connectivity index (χ0v) is 9.84. The van der Waals surface area contributed by atoms with Crippen molar-refractivity contribution in [2.75, 3.05) is 13.2 Å². The average molecular weight is 208 g/mol. The van der Waals surface area contributed by atoms with Gasteiger partial charge in [-0.2, -0.15) is 0 Å². The molecule has 0 amide bonds. The lowest BCUT2D eigenvalue weighted by Crippen LogP contribution is -2.31. The van der Waals surface area contributed by atoms with E-state index in [1.54, 1.807) is 0 Å². The van der Waals surface area contributed by atoms with Crippen LogP contribution in [0.5, 0.6) is 0 Å². The van der Waals surface area contributed by atoms with Crippen LogP contribution in [0.4, 0.5) is 0 Å². The second-order valence-corrected chi connectivity index (χ2v) is 4.75. The van der Waals surface area contributed by atoms with E-state index in [1.165, 1.54) is 0 Å². The highest BCUT2D eigenvalue weighted by Crippen LogP contribution is 2.40. The van der Waals surface area contributed by atoms with Crippen LogP contribution in [-0.4, -0.2) is 24.4 Å². The van der Waals surface area contributed by atoms with Gasteiger partial charge in [-0.25, -0.2) is 0 Å². The Morgan fingerprint density at radius 2 is 2.27 bits per heavy atom. The minimum absolute atomic E-state index is 0.0921. The Labute approximate surface area is 92.3 Å². The van der Waals surface area contributed by atoms with Gasteiger partial charge >= 0.3 is 0 Å². The number of hydrogen-bond acceptors (Lipinski definition) is 2. The summed E-state index contributed by atoms with van der Waals surface area (Å²) < 4.78 is 5.56. The quantitative estimate of drug-likeness (QED) is 0.568. The van der Waals surface area contributed by atoms with Crippen molar-refractivity contribution in [1.29, 1.82) is 0 Å². The zero-order chi connectivity index (χ0) is 11.5. The molecule has 0 aromatic carbocycles. The van der Waals surface area contributed by atoms with Crippen LogP contribution in [0, 0.1) is 17.8 Å². The van der Waals surface area contributed by atoms with Crippen LogP contribution in [0.25, 0.3) is 0 Å². The Balaban J connectivity index is 2.85. The van der Waals surface area contributed by atoms with Gasteiger partial charge in [0, 0.05) is 0 Å². The lowest BCUT2D eigenvalue weighted by atomic mass is 9.72. The first-order valence-corrected chi connectivity index (χ1v) is 5.39. The highest BCUT2D eigenvalue weighted by atomic mass is 16.5. The van der Waals surface area contributed by atoms with Gasteiger partial charge in [0.25, 0.3) is 0 Å². The molecule has 1 N–H and O–H groups in total. The van der Waals surface area contributed by atoms with Crippen molar-refractivity contribution < 1.29 is 9.84 Å². The molecular formula is C13H20O2. The van der Waals surface area contributed by atoms with Crippen LogP contribution >= 0.6 is 0 Å². The summed E-state index contributed by atoms with van der Waals surface area (Å²) in [5, 5.41) is 9.39. The fraction of sp³-hybridized carbons (Fsp3) is 0.692. The fourth-order valence-corrected chi connectivity index (χ4v) is 2.28. The van der Waals surface area contributed by atoms with Crippen molar-refractivity contribution in [1.82, 2.24) is 0 Å². The van der Waals surface area contributed by atoms with Gasteiger partial charge in [-0.15, -0.1) is 6.42 Å². The topological polar surface area (TPSA) is 29.5 Å². The third kappa shape index (κ3) is 2.62. The molecule has 2 nitrogen and oxygen atoms in total. The molecule has 0 unspecified atom stereocenters. The van der Waals surface area contributed by atoms with E-state index in [1.807, 2.05) is 6.92 Å². The molecule has 0 bridgehead atoms. The Morgan fingerprint density at radius 1 is 1.60 bits per heavy atom. The summed E-state index contributed by atoms with van der Waals surface area (Å²) in [5.74, 6) is 2.48. The van der Waals surface area contributed by atoms with Gasteiger partial charge in [-0.3, -0.25) is 0 Å². The molecule has 0 fully saturated rings. The molecule has 0 heterocycles. The molecular weight excluding hydrogens is 188 g/mol. The summed E-state index contributed by atoms with van der Waals surface area (Å²) in [6.07, 6.45) is 7.29. The lowest BCUT2D eigenvalue weighted by Gasteiger charge is -2.37. The minimum Gasteiger partial charge on any atom is -0.392 e. The van der Waals surface area contributed by atoms with Crippen LogP contribution in [-0.2, 0) is 4.74 Å². The number of hydrogen-bond donors (Lipinski definition) is 1. The van der Waals surface area contributed by atoms with Gasteiger partial charge in [0.15, 0.2) is 0 Å². The van der Waals surface area contributed by atoms with Crippen LogP contribution in [0.3, 0.4) is 0 Å². The second-order valence-electron chi connectivity index (χ2n) is 4.75. The molecule has 15 heavy (non-hydrogen) atoms. The number of rotatable bonds is 3. The first-order valence-electron chi connectivity index (χ1n) is 5.39. The monoisotopic (exact) mass is 208 g/mol. The molecule has 0 aromatic heterocycles. The van der Waals surface area contributed by atoms with Gasteiger partial charge in [0.05, 0.1) is 12.7 Å². The number of aliphatic hydroxyl groups is 1. The van der Waals surface area contributed by atoms with E-state index in [0.717, 1.165) is 24.0 Å². The van der Waals surface area contributed by atoms with E-state index in [-0.39, 0.29) is 18.1 Å². The van der Waals surface area contributed by atoms with Gasteiger partial charge in [-0.05, 0) is 36.3 Å². The van der Waals surface area contributed by atoms with Crippen molar-refractivity contribution in [2.24, 2.45) is 5.41 Å². The average Bonchev–Trinajstić information content (AvgIpc) is 2.17. The minimum atomic E-state index is 0.0921. The van der Waals surface area contributed by atoms with Crippen LogP contribution in [0.2, 0.25) is 0 Å².